The molecule has 0 aromatic heterocycles. The number of likely N-dealkylation sites (N-methyl/N-ethyl adjacent to an activating group) is 1. The maximum absolute atomic E-state index is 13.0. The third-order valence-electron chi connectivity index (χ3n) is 2.57. The first kappa shape index (κ1) is 13.6. The Morgan fingerprint density at radius 1 is 1.47 bits per heavy atom. The molecule has 1 N–H and O–H groups in total. The Kier molecular flexibility index (Phi) is 5.10. The van der Waals surface area contributed by atoms with Crippen molar-refractivity contribution in [2.24, 2.45) is 0 Å². The molecule has 0 radical (unpaired) electrons. The second kappa shape index (κ2) is 6.35. The number of hydrogen-bond acceptors (Lipinski definition) is 3. The minimum Gasteiger partial charge on any atom is -0.507 e. The van der Waals surface area contributed by atoms with E-state index in [4.69, 9.17) is 0 Å². The minimum atomic E-state index is -0.512. The van der Waals surface area contributed by atoms with Crippen molar-refractivity contribution in [1.82, 2.24) is 4.90 Å². The molecule has 0 aliphatic carbocycles. The lowest BCUT2D eigenvalue weighted by Crippen LogP contribution is -2.27. The van der Waals surface area contributed by atoms with Gasteiger partial charge in [0, 0.05) is 0 Å². The molecule has 0 aliphatic heterocycles. The molecular weight excluding hydrogens is 221 g/mol. The molecule has 4 heteroatoms. The number of Topliss-reactive ketones (excluding diaryl/α,β-unsaturated/α-hetero) is 1. The molecule has 0 fully saturated rings. The third kappa shape index (κ3) is 4.15. The van der Waals surface area contributed by atoms with Crippen LogP contribution in [-0.4, -0.2) is 35.9 Å². The molecule has 0 atom stereocenters. The number of carbonyl (C=O) groups excluding carboxylic acids is 1. The predicted molar refractivity (Wildman–Crippen MR) is 64.8 cm³/mol. The zero-order valence-electron chi connectivity index (χ0n) is 10.2. The Labute approximate surface area is 101 Å². The fourth-order valence-electron chi connectivity index (χ4n) is 1.57. The van der Waals surface area contributed by atoms with Crippen molar-refractivity contribution in [3.63, 3.8) is 0 Å². The summed E-state index contributed by atoms with van der Waals surface area (Å²) < 4.78 is 13.0. The number of carbonyl (C=O) groups is 1. The van der Waals surface area contributed by atoms with E-state index in [0.717, 1.165) is 31.5 Å². The minimum absolute atomic E-state index is 0.0494. The number of nitrogens with zero attached hydrogens (tertiary/aromatic N) is 1. The average Bonchev–Trinajstić information content (AvgIpc) is 2.29. The van der Waals surface area contributed by atoms with Crippen LogP contribution in [0.25, 0.3) is 0 Å². The molecule has 0 heterocycles. The van der Waals surface area contributed by atoms with Crippen LogP contribution < -0.4 is 0 Å². The molecule has 1 rings (SSSR count). The monoisotopic (exact) mass is 239 g/mol. The number of halogens is 1. The van der Waals surface area contributed by atoms with E-state index in [9.17, 15) is 14.3 Å². The molecule has 0 saturated heterocycles. The van der Waals surface area contributed by atoms with E-state index in [1.54, 1.807) is 0 Å². The number of benzene rings is 1. The summed E-state index contributed by atoms with van der Waals surface area (Å²) in [5, 5.41) is 9.49. The Balaban J connectivity index is 2.66. The molecule has 17 heavy (non-hydrogen) atoms. The van der Waals surface area contributed by atoms with Gasteiger partial charge >= 0.3 is 0 Å². The second-order valence-corrected chi connectivity index (χ2v) is 4.18. The standard InChI is InChI=1S/C13H18FNO2/c1-3-4-7-15(2)9-13(17)11-8-10(14)5-6-12(11)16/h5-6,8,16H,3-4,7,9H2,1-2H3. The van der Waals surface area contributed by atoms with Crippen molar-refractivity contribution < 1.29 is 14.3 Å². The first-order valence-corrected chi connectivity index (χ1v) is 5.75. The number of aromatic hydroxyl groups is 1. The van der Waals surface area contributed by atoms with Gasteiger partial charge in [-0.1, -0.05) is 13.3 Å². The summed E-state index contributed by atoms with van der Waals surface area (Å²) in [5.74, 6) is -0.941. The lowest BCUT2D eigenvalue weighted by atomic mass is 10.1. The molecule has 0 unspecified atom stereocenters. The first-order valence-electron chi connectivity index (χ1n) is 5.75. The van der Waals surface area contributed by atoms with Crippen LogP contribution in [0.4, 0.5) is 4.39 Å². The van der Waals surface area contributed by atoms with Gasteiger partial charge in [0.25, 0.3) is 0 Å². The fourth-order valence-corrected chi connectivity index (χ4v) is 1.57. The molecule has 0 aliphatic rings. The van der Waals surface area contributed by atoms with Gasteiger partial charge in [0.1, 0.15) is 11.6 Å². The second-order valence-electron chi connectivity index (χ2n) is 4.18. The molecule has 0 spiro atoms. The van der Waals surface area contributed by atoms with Gasteiger partial charge in [0.15, 0.2) is 5.78 Å². The molecule has 1 aromatic rings. The smallest absolute Gasteiger partial charge is 0.180 e. The number of phenolic OH excluding ortho intramolecular Hbond substituents is 1. The highest BCUT2D eigenvalue weighted by Gasteiger charge is 2.14. The molecule has 94 valence electrons. The largest absolute Gasteiger partial charge is 0.507 e. The SMILES string of the molecule is CCCCN(C)CC(=O)c1cc(F)ccc1O. The maximum atomic E-state index is 13.0. The van der Waals surface area contributed by atoms with Crippen molar-refractivity contribution in [3.05, 3.63) is 29.6 Å². The third-order valence-corrected chi connectivity index (χ3v) is 2.57. The van der Waals surface area contributed by atoms with E-state index < -0.39 is 5.82 Å². The Morgan fingerprint density at radius 3 is 2.82 bits per heavy atom. The summed E-state index contributed by atoms with van der Waals surface area (Å²) in [4.78, 5) is 13.7. The number of ketones is 1. The van der Waals surface area contributed by atoms with Crippen molar-refractivity contribution >= 4 is 5.78 Å². The number of hydrogen-bond donors (Lipinski definition) is 1. The van der Waals surface area contributed by atoms with E-state index in [2.05, 4.69) is 6.92 Å². The van der Waals surface area contributed by atoms with Crippen LogP contribution in [0, 0.1) is 5.82 Å². The van der Waals surface area contributed by atoms with Gasteiger partial charge in [-0.05, 0) is 38.2 Å². The molecule has 0 saturated carbocycles. The highest BCUT2D eigenvalue weighted by molar-refractivity contribution is 5.99. The molecule has 0 bridgehead atoms. The molecule has 0 amide bonds. The summed E-state index contributed by atoms with van der Waals surface area (Å²) in [6, 6.07) is 3.41. The van der Waals surface area contributed by atoms with Crippen molar-refractivity contribution in [2.45, 2.75) is 19.8 Å². The maximum Gasteiger partial charge on any atom is 0.180 e. The topological polar surface area (TPSA) is 40.5 Å². The molecule has 3 nitrogen and oxygen atoms in total. The summed E-state index contributed by atoms with van der Waals surface area (Å²) >= 11 is 0. The van der Waals surface area contributed by atoms with E-state index in [-0.39, 0.29) is 23.6 Å². The van der Waals surface area contributed by atoms with Gasteiger partial charge in [-0.25, -0.2) is 4.39 Å². The van der Waals surface area contributed by atoms with Crippen molar-refractivity contribution in [2.75, 3.05) is 20.1 Å². The van der Waals surface area contributed by atoms with Crippen LogP contribution in [0.3, 0.4) is 0 Å². The molecular formula is C13H18FNO2. The highest BCUT2D eigenvalue weighted by atomic mass is 19.1. The van der Waals surface area contributed by atoms with Gasteiger partial charge in [-0.3, -0.25) is 9.69 Å². The Hall–Kier alpha value is -1.42. The van der Waals surface area contributed by atoms with Crippen molar-refractivity contribution in [1.29, 1.82) is 0 Å². The van der Waals surface area contributed by atoms with Gasteiger partial charge in [-0.2, -0.15) is 0 Å². The number of unbranched alkanes of at least 4 members (excludes halogenated alkanes) is 1. The zero-order valence-corrected chi connectivity index (χ0v) is 10.2. The van der Waals surface area contributed by atoms with Crippen LogP contribution in [0.5, 0.6) is 5.75 Å². The zero-order chi connectivity index (χ0) is 12.8. The van der Waals surface area contributed by atoms with Crippen LogP contribution in [0.2, 0.25) is 0 Å². The fraction of sp³-hybridized carbons (Fsp3) is 0.462. The van der Waals surface area contributed by atoms with Gasteiger partial charge in [0.2, 0.25) is 0 Å². The highest BCUT2D eigenvalue weighted by Crippen LogP contribution is 2.18. The van der Waals surface area contributed by atoms with E-state index in [0.29, 0.717) is 0 Å². The lowest BCUT2D eigenvalue weighted by Gasteiger charge is -2.15. The lowest BCUT2D eigenvalue weighted by molar-refractivity contribution is 0.0942. The Morgan fingerprint density at radius 2 is 2.18 bits per heavy atom. The van der Waals surface area contributed by atoms with Crippen LogP contribution in [0.1, 0.15) is 30.1 Å². The van der Waals surface area contributed by atoms with E-state index >= 15 is 0 Å². The van der Waals surface area contributed by atoms with Crippen LogP contribution in [0.15, 0.2) is 18.2 Å². The quantitative estimate of drug-likeness (QED) is 0.775. The summed E-state index contributed by atoms with van der Waals surface area (Å²) in [6.07, 6.45) is 2.07. The predicted octanol–water partition coefficient (Wildman–Crippen LogP) is 2.45. The Bertz CT molecular complexity index is 393. The van der Waals surface area contributed by atoms with E-state index in [1.165, 1.54) is 6.07 Å². The average molecular weight is 239 g/mol. The van der Waals surface area contributed by atoms with Gasteiger partial charge in [-0.15, -0.1) is 0 Å². The van der Waals surface area contributed by atoms with Crippen LogP contribution >= 0.6 is 0 Å². The van der Waals surface area contributed by atoms with Crippen LogP contribution in [-0.2, 0) is 0 Å². The summed E-state index contributed by atoms with van der Waals surface area (Å²) in [6.45, 7) is 3.09. The number of rotatable bonds is 6. The van der Waals surface area contributed by atoms with Crippen molar-refractivity contribution in [3.8, 4) is 5.75 Å². The number of phenols is 1. The normalized spacial score (nSPS) is 10.8. The first-order chi connectivity index (χ1) is 8.04. The summed E-state index contributed by atoms with van der Waals surface area (Å²) in [7, 11) is 1.84. The van der Waals surface area contributed by atoms with E-state index in [1.807, 2.05) is 11.9 Å². The molecule has 1 aromatic carbocycles. The van der Waals surface area contributed by atoms with Gasteiger partial charge < -0.3 is 5.11 Å². The van der Waals surface area contributed by atoms with Gasteiger partial charge in [0.05, 0.1) is 12.1 Å². The summed E-state index contributed by atoms with van der Waals surface area (Å²) in [5.41, 5.74) is 0.0494.